The third-order valence-corrected chi connectivity index (χ3v) is 3.20. The maximum atomic E-state index is 5.95. The van der Waals surface area contributed by atoms with Crippen LogP contribution in [0.1, 0.15) is 0 Å². The zero-order valence-electron chi connectivity index (χ0n) is 9.10. The van der Waals surface area contributed by atoms with Crippen molar-refractivity contribution in [1.82, 2.24) is 0 Å². The molecule has 79 valence electrons. The molecule has 1 heterocycles. The van der Waals surface area contributed by atoms with Crippen LogP contribution in [-0.4, -0.2) is 0 Å². The first-order chi connectivity index (χ1) is 8.43. The molecule has 4 rings (SSSR count). The smallest absolute Gasteiger partial charge is 0.143 e. The predicted octanol–water partition coefficient (Wildman–Crippen LogP) is 4.54. The highest BCUT2D eigenvalue weighted by atomic mass is 16.3. The van der Waals surface area contributed by atoms with E-state index in [0.717, 1.165) is 16.6 Å². The first-order valence-electron chi connectivity index (χ1n) is 5.63. The molecule has 0 unspecified atom stereocenters. The summed E-state index contributed by atoms with van der Waals surface area (Å²) in [5.41, 5.74) is 1.92. The second kappa shape index (κ2) is 3.11. The Balaban J connectivity index is 2.34. The van der Waals surface area contributed by atoms with Crippen LogP contribution in [0.25, 0.3) is 32.7 Å². The minimum absolute atomic E-state index is 0.947. The van der Waals surface area contributed by atoms with E-state index in [2.05, 4.69) is 30.3 Å². The molecule has 0 atom stereocenters. The van der Waals surface area contributed by atoms with Gasteiger partial charge in [0.15, 0.2) is 0 Å². The first-order valence-corrected chi connectivity index (χ1v) is 5.63. The van der Waals surface area contributed by atoms with E-state index in [0.29, 0.717) is 0 Å². The van der Waals surface area contributed by atoms with E-state index in [1.54, 1.807) is 0 Å². The highest BCUT2D eigenvalue weighted by molar-refractivity contribution is 6.14. The van der Waals surface area contributed by atoms with E-state index in [1.807, 2.05) is 30.3 Å². The molecule has 0 saturated heterocycles. The van der Waals surface area contributed by atoms with E-state index < -0.39 is 0 Å². The van der Waals surface area contributed by atoms with Crippen molar-refractivity contribution in [2.75, 3.05) is 0 Å². The van der Waals surface area contributed by atoms with Crippen molar-refractivity contribution in [3.63, 3.8) is 0 Å². The predicted molar refractivity (Wildman–Crippen MR) is 70.1 cm³/mol. The van der Waals surface area contributed by atoms with Crippen molar-refractivity contribution < 1.29 is 4.42 Å². The maximum Gasteiger partial charge on any atom is 0.143 e. The van der Waals surface area contributed by atoms with Gasteiger partial charge in [0.05, 0.1) is 0 Å². The Morgan fingerprint density at radius 2 is 1.76 bits per heavy atom. The lowest BCUT2D eigenvalue weighted by atomic mass is 10.1. The summed E-state index contributed by atoms with van der Waals surface area (Å²) >= 11 is 0. The van der Waals surface area contributed by atoms with Gasteiger partial charge in [-0.3, -0.25) is 0 Å². The molecule has 3 aromatic carbocycles. The Morgan fingerprint density at radius 3 is 2.76 bits per heavy atom. The quantitative estimate of drug-likeness (QED) is 0.421. The Labute approximate surface area is 98.3 Å². The Kier molecular flexibility index (Phi) is 1.61. The normalized spacial score (nSPS) is 11.5. The lowest BCUT2D eigenvalue weighted by molar-refractivity contribution is 0.672. The second-order valence-corrected chi connectivity index (χ2v) is 4.19. The van der Waals surface area contributed by atoms with Crippen LogP contribution in [0.4, 0.5) is 0 Å². The number of para-hydroxylation sites is 1. The van der Waals surface area contributed by atoms with Crippen LogP contribution in [0.2, 0.25) is 0 Å². The number of fused-ring (bicyclic) bond motifs is 5. The number of hydrogen-bond acceptors (Lipinski definition) is 1. The fourth-order valence-corrected chi connectivity index (χ4v) is 2.39. The lowest BCUT2D eigenvalue weighted by Gasteiger charge is -1.96. The molecule has 0 fully saturated rings. The van der Waals surface area contributed by atoms with E-state index in [9.17, 15) is 0 Å². The van der Waals surface area contributed by atoms with Crippen molar-refractivity contribution in [3.05, 3.63) is 60.7 Å². The average molecular weight is 217 g/mol. The number of hydrogen-bond donors (Lipinski definition) is 0. The SMILES string of the molecule is [c]1ccc2c(c1)ccc1c3ccccc3oc21. The summed E-state index contributed by atoms with van der Waals surface area (Å²) in [6.07, 6.45) is 0. The number of rotatable bonds is 0. The van der Waals surface area contributed by atoms with E-state index in [1.165, 1.54) is 16.2 Å². The van der Waals surface area contributed by atoms with Gasteiger partial charge < -0.3 is 4.42 Å². The molecular formula is C16H9O. The standard InChI is InChI=1S/C16H9O/c1-2-6-12-11(5-1)9-10-14-13-7-3-4-8-15(13)17-16(12)14/h2-10H. The Bertz CT molecular complexity index is 840. The molecule has 1 nitrogen and oxygen atoms in total. The van der Waals surface area contributed by atoms with Crippen LogP contribution < -0.4 is 0 Å². The minimum Gasteiger partial charge on any atom is -0.455 e. The van der Waals surface area contributed by atoms with Gasteiger partial charge in [0, 0.05) is 16.2 Å². The van der Waals surface area contributed by atoms with Gasteiger partial charge in [-0.1, -0.05) is 30.3 Å². The fourth-order valence-electron chi connectivity index (χ4n) is 2.39. The fraction of sp³-hybridized carbons (Fsp3) is 0. The van der Waals surface area contributed by atoms with Crippen molar-refractivity contribution in [2.45, 2.75) is 0 Å². The van der Waals surface area contributed by atoms with Gasteiger partial charge in [0.1, 0.15) is 11.2 Å². The summed E-state index contributed by atoms with van der Waals surface area (Å²) in [7, 11) is 0. The van der Waals surface area contributed by atoms with Crippen LogP contribution in [0.5, 0.6) is 0 Å². The summed E-state index contributed by atoms with van der Waals surface area (Å²) in [4.78, 5) is 0. The molecule has 0 aliphatic carbocycles. The highest BCUT2D eigenvalue weighted by Crippen LogP contribution is 2.33. The van der Waals surface area contributed by atoms with Crippen LogP contribution in [0, 0.1) is 6.07 Å². The number of furan rings is 1. The van der Waals surface area contributed by atoms with Crippen LogP contribution >= 0.6 is 0 Å². The molecule has 0 amide bonds. The van der Waals surface area contributed by atoms with Gasteiger partial charge in [-0.2, -0.15) is 0 Å². The van der Waals surface area contributed by atoms with Gasteiger partial charge in [0.2, 0.25) is 0 Å². The molecule has 4 aromatic rings. The van der Waals surface area contributed by atoms with Crippen molar-refractivity contribution in [3.8, 4) is 0 Å². The number of benzene rings is 3. The second-order valence-electron chi connectivity index (χ2n) is 4.19. The molecule has 0 bridgehead atoms. The van der Waals surface area contributed by atoms with Crippen molar-refractivity contribution in [1.29, 1.82) is 0 Å². The van der Waals surface area contributed by atoms with Gasteiger partial charge >= 0.3 is 0 Å². The summed E-state index contributed by atoms with van der Waals surface area (Å²) in [5.74, 6) is 0. The molecule has 0 aliphatic heterocycles. The third-order valence-electron chi connectivity index (χ3n) is 3.20. The van der Waals surface area contributed by atoms with E-state index >= 15 is 0 Å². The third kappa shape index (κ3) is 1.14. The summed E-state index contributed by atoms with van der Waals surface area (Å²) in [5, 5.41) is 4.67. The monoisotopic (exact) mass is 217 g/mol. The topological polar surface area (TPSA) is 13.1 Å². The zero-order chi connectivity index (χ0) is 11.2. The molecular weight excluding hydrogens is 208 g/mol. The lowest BCUT2D eigenvalue weighted by Crippen LogP contribution is -1.72. The first kappa shape index (κ1) is 8.82. The summed E-state index contributed by atoms with van der Waals surface area (Å²) < 4.78 is 5.95. The van der Waals surface area contributed by atoms with Crippen molar-refractivity contribution >= 4 is 32.7 Å². The van der Waals surface area contributed by atoms with Crippen LogP contribution in [0.3, 0.4) is 0 Å². The van der Waals surface area contributed by atoms with Crippen LogP contribution in [0.15, 0.2) is 59.0 Å². The molecule has 0 saturated carbocycles. The van der Waals surface area contributed by atoms with E-state index in [-0.39, 0.29) is 0 Å². The summed E-state index contributed by atoms with van der Waals surface area (Å²) in [6, 6.07) is 21.5. The van der Waals surface area contributed by atoms with Gasteiger partial charge in [0.25, 0.3) is 0 Å². The van der Waals surface area contributed by atoms with Crippen molar-refractivity contribution in [2.24, 2.45) is 0 Å². The molecule has 1 radical (unpaired) electrons. The van der Waals surface area contributed by atoms with Gasteiger partial charge in [-0.25, -0.2) is 0 Å². The zero-order valence-corrected chi connectivity index (χ0v) is 9.10. The molecule has 0 N–H and O–H groups in total. The molecule has 0 spiro atoms. The van der Waals surface area contributed by atoms with Crippen LogP contribution in [-0.2, 0) is 0 Å². The minimum atomic E-state index is 0.947. The molecule has 1 heteroatoms. The largest absolute Gasteiger partial charge is 0.455 e. The van der Waals surface area contributed by atoms with Gasteiger partial charge in [-0.15, -0.1) is 0 Å². The highest BCUT2D eigenvalue weighted by Gasteiger charge is 2.08. The average Bonchev–Trinajstić information content (AvgIpc) is 2.78. The Hall–Kier alpha value is -2.28. The van der Waals surface area contributed by atoms with Gasteiger partial charge in [-0.05, 0) is 35.7 Å². The molecule has 17 heavy (non-hydrogen) atoms. The maximum absolute atomic E-state index is 5.95. The Morgan fingerprint density at radius 1 is 0.824 bits per heavy atom. The van der Waals surface area contributed by atoms with E-state index in [4.69, 9.17) is 4.42 Å². The molecule has 0 aliphatic rings. The molecule has 1 aromatic heterocycles. The summed E-state index contributed by atoms with van der Waals surface area (Å²) in [6.45, 7) is 0.